The highest BCUT2D eigenvalue weighted by Gasteiger charge is 2.14. The van der Waals surface area contributed by atoms with Crippen LogP contribution in [-0.4, -0.2) is 4.98 Å². The Morgan fingerprint density at radius 2 is 2.29 bits per heavy atom. The van der Waals surface area contributed by atoms with E-state index in [0.29, 0.717) is 5.02 Å². The molecule has 0 saturated heterocycles. The molecule has 6 heteroatoms. The van der Waals surface area contributed by atoms with E-state index in [0.717, 1.165) is 16.6 Å². The zero-order valence-corrected chi connectivity index (χ0v) is 12.0. The van der Waals surface area contributed by atoms with Crippen LogP contribution in [0.3, 0.4) is 0 Å². The molecular weight excluding hydrogens is 322 g/mol. The lowest BCUT2D eigenvalue weighted by molar-refractivity contribution is 0.541. The van der Waals surface area contributed by atoms with Gasteiger partial charge in [0.05, 0.1) is 16.8 Å². The molecule has 0 aromatic carbocycles. The van der Waals surface area contributed by atoms with Crippen molar-refractivity contribution >= 4 is 38.9 Å². The molecule has 0 radical (unpaired) electrons. The highest BCUT2D eigenvalue weighted by Crippen LogP contribution is 2.27. The van der Waals surface area contributed by atoms with E-state index in [2.05, 4.69) is 26.3 Å². The Morgan fingerprint density at radius 1 is 1.47 bits per heavy atom. The van der Waals surface area contributed by atoms with Gasteiger partial charge >= 0.3 is 0 Å². The molecular formula is C11H11BrClN3S. The third-order valence-corrected chi connectivity index (χ3v) is 4.56. The first-order valence-electron chi connectivity index (χ1n) is 5.00. The van der Waals surface area contributed by atoms with Gasteiger partial charge in [0.15, 0.2) is 0 Å². The smallest absolute Gasteiger partial charge is 0.0680 e. The van der Waals surface area contributed by atoms with Crippen molar-refractivity contribution < 1.29 is 0 Å². The largest absolute Gasteiger partial charge is 0.271 e. The summed E-state index contributed by atoms with van der Waals surface area (Å²) in [4.78, 5) is 5.51. The number of hydrogen-bond donors (Lipinski definition) is 2. The summed E-state index contributed by atoms with van der Waals surface area (Å²) in [6.07, 6.45) is 2.42. The zero-order chi connectivity index (χ0) is 12.3. The van der Waals surface area contributed by atoms with Gasteiger partial charge in [-0.1, -0.05) is 11.6 Å². The summed E-state index contributed by atoms with van der Waals surface area (Å²) in [5.74, 6) is 5.58. The maximum absolute atomic E-state index is 5.81. The van der Waals surface area contributed by atoms with Gasteiger partial charge in [0, 0.05) is 22.0 Å². The molecule has 0 aliphatic carbocycles. The second-order valence-corrected chi connectivity index (χ2v) is 5.81. The summed E-state index contributed by atoms with van der Waals surface area (Å²) in [6.45, 7) is 0. The van der Waals surface area contributed by atoms with Crippen molar-refractivity contribution in [2.75, 3.05) is 0 Å². The van der Waals surface area contributed by atoms with Crippen molar-refractivity contribution in [3.8, 4) is 0 Å². The van der Waals surface area contributed by atoms with Crippen molar-refractivity contribution in [2.24, 2.45) is 5.84 Å². The molecule has 17 heavy (non-hydrogen) atoms. The molecule has 2 heterocycles. The van der Waals surface area contributed by atoms with Gasteiger partial charge in [0.25, 0.3) is 0 Å². The zero-order valence-electron chi connectivity index (χ0n) is 8.86. The van der Waals surface area contributed by atoms with Crippen LogP contribution in [0.25, 0.3) is 0 Å². The Labute approximate surface area is 117 Å². The molecule has 0 spiro atoms. The Balaban J connectivity index is 2.17. The van der Waals surface area contributed by atoms with Gasteiger partial charge in [-0.05, 0) is 39.5 Å². The van der Waals surface area contributed by atoms with E-state index < -0.39 is 0 Å². The Hall–Kier alpha value is -0.460. The first-order valence-corrected chi connectivity index (χ1v) is 7.05. The van der Waals surface area contributed by atoms with Crippen LogP contribution >= 0.6 is 38.9 Å². The van der Waals surface area contributed by atoms with Gasteiger partial charge < -0.3 is 0 Å². The minimum Gasteiger partial charge on any atom is -0.271 e. The van der Waals surface area contributed by atoms with E-state index in [4.69, 9.17) is 17.4 Å². The summed E-state index contributed by atoms with van der Waals surface area (Å²) >= 11 is 11.0. The number of nitrogens with zero attached hydrogens (tertiary/aromatic N) is 1. The summed E-state index contributed by atoms with van der Waals surface area (Å²) in [5, 5.41) is 2.67. The molecule has 3 nitrogen and oxygen atoms in total. The number of hydrazine groups is 1. The number of thiophene rings is 1. The lowest BCUT2D eigenvalue weighted by Crippen LogP contribution is -2.30. The molecule has 90 valence electrons. The summed E-state index contributed by atoms with van der Waals surface area (Å²) < 4.78 is 1.11. The average Bonchev–Trinajstić information content (AvgIpc) is 2.73. The topological polar surface area (TPSA) is 50.9 Å². The van der Waals surface area contributed by atoms with Crippen molar-refractivity contribution in [1.82, 2.24) is 10.4 Å². The molecule has 0 saturated carbocycles. The molecule has 0 fully saturated rings. The Kier molecular flexibility index (Phi) is 4.53. The normalized spacial score (nSPS) is 12.6. The van der Waals surface area contributed by atoms with Gasteiger partial charge in [0.1, 0.15) is 0 Å². The van der Waals surface area contributed by atoms with E-state index in [1.807, 2.05) is 23.6 Å². The molecule has 3 N–H and O–H groups in total. The molecule has 0 bridgehead atoms. The van der Waals surface area contributed by atoms with Gasteiger partial charge in [-0.2, -0.15) is 0 Å². The van der Waals surface area contributed by atoms with Gasteiger partial charge in [-0.15, -0.1) is 11.3 Å². The maximum atomic E-state index is 5.81. The number of rotatable bonds is 4. The van der Waals surface area contributed by atoms with Crippen molar-refractivity contribution in [3.05, 3.63) is 49.8 Å². The summed E-state index contributed by atoms with van der Waals surface area (Å²) in [6, 6.07) is 5.72. The van der Waals surface area contributed by atoms with Crippen LogP contribution < -0.4 is 11.3 Å². The number of aromatic nitrogens is 1. The second kappa shape index (κ2) is 5.93. The highest BCUT2D eigenvalue weighted by atomic mass is 79.9. The standard InChI is InChI=1S/C11H11BrClN3S/c12-8-3-4-17-11(8)5-10(16-14)9-2-1-7(13)6-15-9/h1-4,6,10,16H,5,14H2. The van der Waals surface area contributed by atoms with Crippen LogP contribution in [-0.2, 0) is 6.42 Å². The predicted octanol–water partition coefficient (Wildman–Crippen LogP) is 3.31. The van der Waals surface area contributed by atoms with Crippen LogP contribution in [0.5, 0.6) is 0 Å². The molecule has 0 aliphatic heterocycles. The monoisotopic (exact) mass is 331 g/mol. The van der Waals surface area contributed by atoms with Crippen molar-refractivity contribution in [1.29, 1.82) is 0 Å². The minimum atomic E-state index is -0.0118. The summed E-state index contributed by atoms with van der Waals surface area (Å²) in [5.41, 5.74) is 3.67. The quantitative estimate of drug-likeness (QED) is 0.667. The predicted molar refractivity (Wildman–Crippen MR) is 75.0 cm³/mol. The minimum absolute atomic E-state index is 0.0118. The fourth-order valence-electron chi connectivity index (χ4n) is 1.50. The second-order valence-electron chi connectivity index (χ2n) is 3.52. The highest BCUT2D eigenvalue weighted by molar-refractivity contribution is 9.10. The van der Waals surface area contributed by atoms with Gasteiger partial charge in [-0.3, -0.25) is 16.3 Å². The summed E-state index contributed by atoms with van der Waals surface area (Å²) in [7, 11) is 0. The van der Waals surface area contributed by atoms with Crippen LogP contribution in [0.15, 0.2) is 34.2 Å². The molecule has 0 aliphatic rings. The van der Waals surface area contributed by atoms with Crippen molar-refractivity contribution in [3.63, 3.8) is 0 Å². The molecule has 0 amide bonds. The molecule has 1 unspecified atom stereocenters. The first kappa shape index (κ1) is 13.0. The van der Waals surface area contributed by atoms with Gasteiger partial charge in [0.2, 0.25) is 0 Å². The Bertz CT molecular complexity index is 486. The van der Waals surface area contributed by atoms with Gasteiger partial charge in [-0.25, -0.2) is 0 Å². The SMILES string of the molecule is NNC(Cc1sccc1Br)c1ccc(Cl)cn1. The number of nitrogens with two attached hydrogens (primary N) is 1. The third kappa shape index (κ3) is 3.26. The molecule has 2 aromatic rings. The van der Waals surface area contributed by atoms with E-state index in [9.17, 15) is 0 Å². The van der Waals surface area contributed by atoms with Crippen LogP contribution in [0.4, 0.5) is 0 Å². The van der Waals surface area contributed by atoms with E-state index >= 15 is 0 Å². The molecule has 2 aromatic heterocycles. The number of halogens is 2. The van der Waals surface area contributed by atoms with Crippen molar-refractivity contribution in [2.45, 2.75) is 12.5 Å². The maximum Gasteiger partial charge on any atom is 0.0680 e. The van der Waals surface area contributed by atoms with Crippen LogP contribution in [0, 0.1) is 0 Å². The fourth-order valence-corrected chi connectivity index (χ4v) is 3.17. The van der Waals surface area contributed by atoms with Crippen LogP contribution in [0.2, 0.25) is 5.02 Å². The number of hydrogen-bond acceptors (Lipinski definition) is 4. The van der Waals surface area contributed by atoms with E-state index in [1.165, 1.54) is 4.88 Å². The number of pyridine rings is 1. The molecule has 1 atom stereocenters. The van der Waals surface area contributed by atoms with Crippen LogP contribution in [0.1, 0.15) is 16.6 Å². The lowest BCUT2D eigenvalue weighted by atomic mass is 10.1. The van der Waals surface area contributed by atoms with E-state index in [-0.39, 0.29) is 6.04 Å². The number of nitrogens with one attached hydrogen (secondary N) is 1. The lowest BCUT2D eigenvalue weighted by Gasteiger charge is -2.14. The average molecular weight is 333 g/mol. The fraction of sp³-hybridized carbons (Fsp3) is 0.182. The molecule has 2 rings (SSSR count). The van der Waals surface area contributed by atoms with E-state index in [1.54, 1.807) is 17.5 Å². The first-order chi connectivity index (χ1) is 8.20. The Morgan fingerprint density at radius 3 is 2.82 bits per heavy atom. The third-order valence-electron chi connectivity index (χ3n) is 2.39.